The maximum atomic E-state index is 12.2. The van der Waals surface area contributed by atoms with Crippen molar-refractivity contribution in [2.45, 2.75) is 27.7 Å². The molecule has 1 fully saturated rings. The third-order valence-corrected chi connectivity index (χ3v) is 5.60. The minimum Gasteiger partial charge on any atom is -0.352 e. The minimum absolute atomic E-state index is 0.116. The highest BCUT2D eigenvalue weighted by atomic mass is 35.5. The van der Waals surface area contributed by atoms with Gasteiger partial charge >= 0.3 is 0 Å². The average Bonchev–Trinajstić information content (AvgIpc) is 2.76. The van der Waals surface area contributed by atoms with Gasteiger partial charge in [0.05, 0.1) is 10.5 Å². The second-order valence-electron chi connectivity index (χ2n) is 6.60. The molecule has 21 heavy (non-hydrogen) atoms. The van der Waals surface area contributed by atoms with Crippen LogP contribution >= 0.6 is 11.6 Å². The first-order valence-electron chi connectivity index (χ1n) is 6.82. The number of nitro groups is 1. The monoisotopic (exact) mass is 310 g/mol. The molecule has 0 radical (unpaired) electrons. The SMILES string of the molecule is CC1(C)C(CNC(=O)c2cccc([N+](=O)[O-])c2Cl)C1(C)C. The van der Waals surface area contributed by atoms with Gasteiger partial charge in [0.15, 0.2) is 0 Å². The van der Waals surface area contributed by atoms with Gasteiger partial charge in [0.1, 0.15) is 5.02 Å². The van der Waals surface area contributed by atoms with Crippen LogP contribution in [-0.4, -0.2) is 17.4 Å². The van der Waals surface area contributed by atoms with Gasteiger partial charge in [-0.3, -0.25) is 14.9 Å². The highest BCUT2D eigenvalue weighted by Crippen LogP contribution is 2.67. The first-order valence-corrected chi connectivity index (χ1v) is 7.19. The Morgan fingerprint density at radius 1 is 1.33 bits per heavy atom. The third kappa shape index (κ3) is 2.50. The van der Waals surface area contributed by atoms with E-state index in [0.717, 1.165) is 0 Å². The van der Waals surface area contributed by atoms with Crippen LogP contribution < -0.4 is 5.32 Å². The number of rotatable bonds is 4. The predicted molar refractivity (Wildman–Crippen MR) is 81.5 cm³/mol. The summed E-state index contributed by atoms with van der Waals surface area (Å²) in [4.78, 5) is 22.4. The number of hydrogen-bond acceptors (Lipinski definition) is 3. The van der Waals surface area contributed by atoms with E-state index in [2.05, 4.69) is 33.0 Å². The Morgan fingerprint density at radius 3 is 2.38 bits per heavy atom. The zero-order valence-electron chi connectivity index (χ0n) is 12.6. The fourth-order valence-corrected chi connectivity index (χ4v) is 3.25. The topological polar surface area (TPSA) is 72.2 Å². The van der Waals surface area contributed by atoms with E-state index >= 15 is 0 Å². The van der Waals surface area contributed by atoms with Gasteiger partial charge in [0.25, 0.3) is 11.6 Å². The smallest absolute Gasteiger partial charge is 0.288 e. The van der Waals surface area contributed by atoms with E-state index in [-0.39, 0.29) is 33.0 Å². The molecule has 1 aliphatic rings. The van der Waals surface area contributed by atoms with Gasteiger partial charge < -0.3 is 5.32 Å². The number of nitrogens with one attached hydrogen (secondary N) is 1. The van der Waals surface area contributed by atoms with Crippen LogP contribution in [0.1, 0.15) is 38.1 Å². The molecular weight excluding hydrogens is 292 g/mol. The van der Waals surface area contributed by atoms with Gasteiger partial charge in [0, 0.05) is 12.6 Å². The fraction of sp³-hybridized carbons (Fsp3) is 0.533. The summed E-state index contributed by atoms with van der Waals surface area (Å²) in [7, 11) is 0. The van der Waals surface area contributed by atoms with E-state index < -0.39 is 4.92 Å². The lowest BCUT2D eigenvalue weighted by atomic mass is 10.0. The summed E-state index contributed by atoms with van der Waals surface area (Å²) in [6, 6.07) is 4.24. The highest BCUT2D eigenvalue weighted by molar-refractivity contribution is 6.35. The minimum atomic E-state index is -0.591. The second-order valence-corrected chi connectivity index (χ2v) is 6.98. The van der Waals surface area contributed by atoms with Gasteiger partial charge in [-0.2, -0.15) is 0 Å². The van der Waals surface area contributed by atoms with Crippen molar-refractivity contribution < 1.29 is 9.72 Å². The molecule has 5 nitrogen and oxygen atoms in total. The Morgan fingerprint density at radius 2 is 1.90 bits per heavy atom. The zero-order chi connectivity index (χ0) is 16.0. The van der Waals surface area contributed by atoms with Crippen LogP contribution in [0, 0.1) is 26.9 Å². The van der Waals surface area contributed by atoms with E-state index in [9.17, 15) is 14.9 Å². The van der Waals surface area contributed by atoms with E-state index in [1.54, 1.807) is 0 Å². The Bertz CT molecular complexity index is 597. The Hall–Kier alpha value is -1.62. The molecule has 0 heterocycles. The number of benzene rings is 1. The lowest BCUT2D eigenvalue weighted by Gasteiger charge is -2.08. The van der Waals surface area contributed by atoms with Crippen LogP contribution in [0.3, 0.4) is 0 Å². The molecule has 1 saturated carbocycles. The van der Waals surface area contributed by atoms with Crippen molar-refractivity contribution in [1.29, 1.82) is 0 Å². The van der Waals surface area contributed by atoms with Crippen LogP contribution in [0.15, 0.2) is 18.2 Å². The standard InChI is InChI=1S/C15H19ClN2O3/c1-14(2)11(15(14,3)4)8-17-13(19)9-6-5-7-10(12(9)16)18(20)21/h5-7,11H,8H2,1-4H3,(H,17,19). The van der Waals surface area contributed by atoms with Crippen LogP contribution in [0.4, 0.5) is 5.69 Å². The van der Waals surface area contributed by atoms with E-state index in [4.69, 9.17) is 11.6 Å². The average molecular weight is 311 g/mol. The molecular formula is C15H19ClN2O3. The number of amides is 1. The molecule has 0 atom stereocenters. The molecule has 0 saturated heterocycles. The fourth-order valence-electron chi connectivity index (χ4n) is 2.97. The summed E-state index contributed by atoms with van der Waals surface area (Å²) in [6.07, 6.45) is 0. The lowest BCUT2D eigenvalue weighted by Crippen LogP contribution is -2.27. The Balaban J connectivity index is 2.09. The summed E-state index contributed by atoms with van der Waals surface area (Å²) in [5.41, 5.74) is 0.234. The molecule has 1 N–H and O–H groups in total. The molecule has 0 aromatic heterocycles. The number of hydrogen-bond donors (Lipinski definition) is 1. The second kappa shape index (κ2) is 4.98. The largest absolute Gasteiger partial charge is 0.352 e. The van der Waals surface area contributed by atoms with Crippen molar-refractivity contribution in [2.24, 2.45) is 16.7 Å². The van der Waals surface area contributed by atoms with Crippen molar-refractivity contribution in [1.82, 2.24) is 5.32 Å². The number of halogens is 1. The lowest BCUT2D eigenvalue weighted by molar-refractivity contribution is -0.384. The molecule has 0 bridgehead atoms. The van der Waals surface area contributed by atoms with Crippen LogP contribution in [0.2, 0.25) is 5.02 Å². The van der Waals surface area contributed by atoms with Crippen LogP contribution in [0.25, 0.3) is 0 Å². The number of carbonyl (C=O) groups is 1. The summed E-state index contributed by atoms with van der Waals surface area (Å²) >= 11 is 5.94. The summed E-state index contributed by atoms with van der Waals surface area (Å²) in [5, 5.41) is 13.5. The van der Waals surface area contributed by atoms with Crippen molar-refractivity contribution in [3.05, 3.63) is 38.9 Å². The molecule has 114 valence electrons. The third-order valence-electron chi connectivity index (χ3n) is 5.21. The molecule has 6 heteroatoms. The maximum absolute atomic E-state index is 12.2. The van der Waals surface area contributed by atoms with Crippen molar-refractivity contribution >= 4 is 23.2 Å². The van der Waals surface area contributed by atoms with Crippen LogP contribution in [0.5, 0.6) is 0 Å². The number of nitro benzene ring substituents is 1. The van der Waals surface area contributed by atoms with E-state index in [1.807, 2.05) is 0 Å². The molecule has 2 rings (SSSR count). The zero-order valence-corrected chi connectivity index (χ0v) is 13.3. The van der Waals surface area contributed by atoms with Gasteiger partial charge in [-0.25, -0.2) is 0 Å². The van der Waals surface area contributed by atoms with Gasteiger partial charge in [-0.1, -0.05) is 45.4 Å². The quantitative estimate of drug-likeness (QED) is 0.681. The number of carbonyl (C=O) groups excluding carboxylic acids is 1. The normalized spacial score (nSPS) is 19.1. The molecule has 1 aliphatic carbocycles. The van der Waals surface area contributed by atoms with E-state index in [1.165, 1.54) is 18.2 Å². The first-order chi connectivity index (χ1) is 9.60. The van der Waals surface area contributed by atoms with Crippen molar-refractivity contribution in [3.8, 4) is 0 Å². The highest BCUT2D eigenvalue weighted by Gasteiger charge is 2.64. The molecule has 1 aromatic rings. The predicted octanol–water partition coefficient (Wildman–Crippen LogP) is 3.66. The summed E-state index contributed by atoms with van der Waals surface area (Å²) in [5.74, 6) is 0.00798. The summed E-state index contributed by atoms with van der Waals surface area (Å²) in [6.45, 7) is 9.22. The molecule has 0 unspecified atom stereocenters. The maximum Gasteiger partial charge on any atom is 0.288 e. The van der Waals surface area contributed by atoms with Gasteiger partial charge in [0.2, 0.25) is 0 Å². The van der Waals surface area contributed by atoms with Crippen LogP contribution in [-0.2, 0) is 0 Å². The van der Waals surface area contributed by atoms with Crippen molar-refractivity contribution in [3.63, 3.8) is 0 Å². The van der Waals surface area contributed by atoms with Gasteiger partial charge in [-0.15, -0.1) is 0 Å². The first kappa shape index (κ1) is 15.8. The Kier molecular flexibility index (Phi) is 3.74. The van der Waals surface area contributed by atoms with Crippen molar-refractivity contribution in [2.75, 3.05) is 6.54 Å². The molecule has 1 amide bonds. The Labute approximate surface area is 128 Å². The molecule has 0 aliphatic heterocycles. The van der Waals surface area contributed by atoms with Gasteiger partial charge in [-0.05, 0) is 22.8 Å². The summed E-state index contributed by atoms with van der Waals surface area (Å²) < 4.78 is 0. The molecule has 1 aromatic carbocycles. The number of nitrogens with zero attached hydrogens (tertiary/aromatic N) is 1. The molecule has 0 spiro atoms. The van der Waals surface area contributed by atoms with E-state index in [0.29, 0.717) is 12.5 Å².